The molecule has 0 aromatic rings. The van der Waals surface area contributed by atoms with Gasteiger partial charge in [-0.05, 0) is 45.7 Å². The van der Waals surface area contributed by atoms with E-state index >= 15 is 0 Å². The Morgan fingerprint density at radius 1 is 1.13 bits per heavy atom. The van der Waals surface area contributed by atoms with Gasteiger partial charge in [0, 0.05) is 13.1 Å². The van der Waals surface area contributed by atoms with E-state index < -0.39 is 0 Å². The van der Waals surface area contributed by atoms with E-state index in [1.165, 1.54) is 25.7 Å². The van der Waals surface area contributed by atoms with Crippen LogP contribution in [-0.2, 0) is 4.79 Å². The minimum atomic E-state index is 0.250. The molecule has 88 valence electrons. The normalized spacial score (nSPS) is 26.7. The lowest BCUT2D eigenvalue weighted by atomic mass is 9.87. The van der Waals surface area contributed by atoms with Crippen LogP contribution in [0.25, 0.3) is 0 Å². The van der Waals surface area contributed by atoms with Gasteiger partial charge in [-0.15, -0.1) is 0 Å². The minimum Gasteiger partial charge on any atom is -0.342 e. The van der Waals surface area contributed by atoms with Crippen molar-refractivity contribution in [3.8, 4) is 0 Å². The fourth-order valence-electron chi connectivity index (χ4n) is 2.22. The van der Waals surface area contributed by atoms with Gasteiger partial charge in [0.25, 0.3) is 0 Å². The molecule has 1 fully saturated rings. The molecule has 1 saturated carbocycles. The number of carbonyl (C=O) groups excluding carboxylic acids is 1. The zero-order valence-corrected chi connectivity index (χ0v) is 10.5. The number of amides is 1. The van der Waals surface area contributed by atoms with Crippen molar-refractivity contribution in [2.24, 2.45) is 5.92 Å². The molecule has 0 aliphatic heterocycles. The fraction of sp³-hybridized carbons (Fsp3) is 0.917. The maximum Gasteiger partial charge on any atom is 0.236 e. The largest absolute Gasteiger partial charge is 0.342 e. The van der Waals surface area contributed by atoms with E-state index in [0.717, 1.165) is 5.92 Å². The zero-order valence-electron chi connectivity index (χ0n) is 10.5. The van der Waals surface area contributed by atoms with Crippen molar-refractivity contribution < 1.29 is 4.79 Å². The third-order valence-electron chi connectivity index (χ3n) is 3.38. The first-order valence-electron chi connectivity index (χ1n) is 5.91. The number of likely N-dealkylation sites (N-methyl/N-ethyl adjacent to an activating group) is 2. The third-order valence-corrected chi connectivity index (χ3v) is 3.38. The molecule has 3 nitrogen and oxygen atoms in total. The summed E-state index contributed by atoms with van der Waals surface area (Å²) in [4.78, 5) is 15.7. The van der Waals surface area contributed by atoms with E-state index in [2.05, 4.69) is 6.92 Å². The second-order valence-electron chi connectivity index (χ2n) is 5.16. The number of nitrogens with zero attached hydrogens (tertiary/aromatic N) is 2. The molecule has 0 N–H and O–H groups in total. The van der Waals surface area contributed by atoms with E-state index in [9.17, 15) is 4.79 Å². The Labute approximate surface area is 93.4 Å². The van der Waals surface area contributed by atoms with Crippen LogP contribution >= 0.6 is 0 Å². The average Bonchev–Trinajstić information content (AvgIpc) is 2.17. The van der Waals surface area contributed by atoms with Crippen molar-refractivity contribution in [1.29, 1.82) is 0 Å². The molecular weight excluding hydrogens is 188 g/mol. The van der Waals surface area contributed by atoms with Crippen molar-refractivity contribution in [2.45, 2.75) is 38.6 Å². The highest BCUT2D eigenvalue weighted by Gasteiger charge is 2.24. The monoisotopic (exact) mass is 212 g/mol. The molecule has 0 saturated heterocycles. The van der Waals surface area contributed by atoms with Crippen LogP contribution in [0.3, 0.4) is 0 Å². The first-order chi connectivity index (χ1) is 7.00. The molecule has 15 heavy (non-hydrogen) atoms. The SMILES string of the molecule is CN(C)CC(=O)N(C)[C@H]1CC[C@H](C)CC1. The quantitative estimate of drug-likeness (QED) is 0.709. The summed E-state index contributed by atoms with van der Waals surface area (Å²) in [6, 6.07) is 0.480. The van der Waals surface area contributed by atoms with Crippen molar-refractivity contribution in [3.05, 3.63) is 0 Å². The Morgan fingerprint density at radius 2 is 1.67 bits per heavy atom. The van der Waals surface area contributed by atoms with Gasteiger partial charge in [-0.2, -0.15) is 0 Å². The molecule has 1 aliphatic rings. The smallest absolute Gasteiger partial charge is 0.236 e. The lowest BCUT2D eigenvalue weighted by Crippen LogP contribution is -2.43. The molecule has 0 spiro atoms. The fourth-order valence-corrected chi connectivity index (χ4v) is 2.22. The van der Waals surface area contributed by atoms with Gasteiger partial charge < -0.3 is 9.80 Å². The van der Waals surface area contributed by atoms with E-state index in [1.807, 2.05) is 30.9 Å². The first kappa shape index (κ1) is 12.5. The summed E-state index contributed by atoms with van der Waals surface area (Å²) in [7, 11) is 5.83. The minimum absolute atomic E-state index is 0.250. The summed E-state index contributed by atoms with van der Waals surface area (Å²) >= 11 is 0. The van der Waals surface area contributed by atoms with E-state index in [0.29, 0.717) is 12.6 Å². The van der Waals surface area contributed by atoms with E-state index in [1.54, 1.807) is 0 Å². The highest BCUT2D eigenvalue weighted by molar-refractivity contribution is 5.78. The Kier molecular flexibility index (Phi) is 4.58. The lowest BCUT2D eigenvalue weighted by Gasteiger charge is -2.34. The maximum absolute atomic E-state index is 11.8. The topological polar surface area (TPSA) is 23.6 Å². The summed E-state index contributed by atoms with van der Waals surface area (Å²) < 4.78 is 0. The second kappa shape index (κ2) is 5.50. The molecule has 0 aromatic heterocycles. The highest BCUT2D eigenvalue weighted by atomic mass is 16.2. The van der Waals surface area contributed by atoms with Gasteiger partial charge in [0.05, 0.1) is 6.54 Å². The van der Waals surface area contributed by atoms with Gasteiger partial charge in [-0.1, -0.05) is 6.92 Å². The van der Waals surface area contributed by atoms with Gasteiger partial charge in [-0.25, -0.2) is 0 Å². The van der Waals surface area contributed by atoms with E-state index in [4.69, 9.17) is 0 Å². The van der Waals surface area contributed by atoms with Crippen molar-refractivity contribution >= 4 is 5.91 Å². The Morgan fingerprint density at radius 3 is 2.13 bits per heavy atom. The summed E-state index contributed by atoms with van der Waals surface area (Å²) in [6.07, 6.45) is 4.89. The molecule has 1 aliphatic carbocycles. The Bertz CT molecular complexity index is 208. The molecule has 0 unspecified atom stereocenters. The van der Waals surface area contributed by atoms with Gasteiger partial charge in [0.15, 0.2) is 0 Å². The molecule has 0 atom stereocenters. The Hall–Kier alpha value is -0.570. The number of hydrogen-bond donors (Lipinski definition) is 0. The van der Waals surface area contributed by atoms with Crippen molar-refractivity contribution in [3.63, 3.8) is 0 Å². The molecule has 0 aromatic carbocycles. The van der Waals surface area contributed by atoms with Crippen LogP contribution in [0.15, 0.2) is 0 Å². The van der Waals surface area contributed by atoms with Crippen molar-refractivity contribution in [1.82, 2.24) is 9.80 Å². The first-order valence-corrected chi connectivity index (χ1v) is 5.91. The van der Waals surface area contributed by atoms with Gasteiger partial charge in [-0.3, -0.25) is 4.79 Å². The van der Waals surface area contributed by atoms with Crippen LogP contribution in [0, 0.1) is 5.92 Å². The van der Waals surface area contributed by atoms with Crippen LogP contribution in [0.2, 0.25) is 0 Å². The van der Waals surface area contributed by atoms with Crippen LogP contribution in [0.1, 0.15) is 32.6 Å². The standard InChI is InChI=1S/C12H24N2O/c1-10-5-7-11(8-6-10)14(4)12(15)9-13(2)3/h10-11H,5-9H2,1-4H3/t10-,11-. The molecule has 0 radical (unpaired) electrons. The van der Waals surface area contributed by atoms with Crippen LogP contribution in [0.4, 0.5) is 0 Å². The zero-order chi connectivity index (χ0) is 11.4. The summed E-state index contributed by atoms with van der Waals surface area (Å²) in [6.45, 7) is 2.83. The highest BCUT2D eigenvalue weighted by Crippen LogP contribution is 2.26. The summed E-state index contributed by atoms with van der Waals surface area (Å²) in [5, 5.41) is 0. The number of carbonyl (C=O) groups is 1. The predicted octanol–water partition coefficient (Wildman–Crippen LogP) is 1.59. The van der Waals surface area contributed by atoms with Crippen LogP contribution < -0.4 is 0 Å². The summed E-state index contributed by atoms with van der Waals surface area (Å²) in [5.41, 5.74) is 0. The predicted molar refractivity (Wildman–Crippen MR) is 62.7 cm³/mol. The van der Waals surface area contributed by atoms with E-state index in [-0.39, 0.29) is 5.91 Å². The molecule has 0 heterocycles. The molecular formula is C12H24N2O. The second-order valence-corrected chi connectivity index (χ2v) is 5.16. The maximum atomic E-state index is 11.8. The lowest BCUT2D eigenvalue weighted by molar-refractivity contribution is -0.133. The van der Waals surface area contributed by atoms with Crippen molar-refractivity contribution in [2.75, 3.05) is 27.7 Å². The average molecular weight is 212 g/mol. The van der Waals surface area contributed by atoms with Crippen LogP contribution in [-0.4, -0.2) is 49.4 Å². The van der Waals surface area contributed by atoms with Gasteiger partial charge >= 0.3 is 0 Å². The number of hydrogen-bond acceptors (Lipinski definition) is 2. The molecule has 1 amide bonds. The molecule has 1 rings (SSSR count). The Balaban J connectivity index is 2.39. The molecule has 0 bridgehead atoms. The van der Waals surface area contributed by atoms with Gasteiger partial charge in [0.1, 0.15) is 0 Å². The van der Waals surface area contributed by atoms with Gasteiger partial charge in [0.2, 0.25) is 5.91 Å². The summed E-state index contributed by atoms with van der Waals surface area (Å²) in [5.74, 6) is 1.10. The number of rotatable bonds is 3. The van der Waals surface area contributed by atoms with Crippen LogP contribution in [0.5, 0.6) is 0 Å². The third kappa shape index (κ3) is 3.82. The molecule has 3 heteroatoms.